The summed E-state index contributed by atoms with van der Waals surface area (Å²) in [6.45, 7) is 7.26. The summed E-state index contributed by atoms with van der Waals surface area (Å²) in [5, 5.41) is 1.02. The van der Waals surface area contributed by atoms with Crippen molar-refractivity contribution < 1.29 is 9.53 Å². The fourth-order valence-corrected chi connectivity index (χ4v) is 3.15. The van der Waals surface area contributed by atoms with E-state index in [1.165, 1.54) is 11.1 Å². The van der Waals surface area contributed by atoms with E-state index in [0.29, 0.717) is 12.2 Å². The number of hydrogen-bond donors (Lipinski definition) is 0. The van der Waals surface area contributed by atoms with Gasteiger partial charge in [0, 0.05) is 36.7 Å². The molecule has 0 bridgehead atoms. The molecule has 1 aromatic carbocycles. The largest absolute Gasteiger partial charge is 0.462 e. The van der Waals surface area contributed by atoms with Crippen molar-refractivity contribution in [2.75, 3.05) is 13.7 Å². The number of esters is 1. The number of rotatable bonds is 4. The molecule has 0 N–H and O–H groups in total. The number of aryl methyl sites for hydroxylation is 1. The molecule has 0 unspecified atom stereocenters. The van der Waals surface area contributed by atoms with Gasteiger partial charge in [0.1, 0.15) is 0 Å². The van der Waals surface area contributed by atoms with Crippen LogP contribution in [0.3, 0.4) is 0 Å². The molecule has 2 heterocycles. The summed E-state index contributed by atoms with van der Waals surface area (Å²) >= 11 is 0. The van der Waals surface area contributed by atoms with E-state index >= 15 is 0 Å². The molecule has 0 saturated heterocycles. The second-order valence-corrected chi connectivity index (χ2v) is 5.77. The molecule has 2 aromatic rings. The Balaban J connectivity index is 2.15. The summed E-state index contributed by atoms with van der Waals surface area (Å²) in [6.07, 6.45) is 2.99. The van der Waals surface area contributed by atoms with Gasteiger partial charge in [-0.15, -0.1) is 0 Å². The number of benzene rings is 1. The quantitative estimate of drug-likeness (QED) is 0.810. The maximum absolute atomic E-state index is 12.2. The van der Waals surface area contributed by atoms with Crippen LogP contribution in [0.2, 0.25) is 0 Å². The Morgan fingerprint density at radius 1 is 1.24 bits per heavy atom. The van der Waals surface area contributed by atoms with Crippen molar-refractivity contribution in [2.45, 2.75) is 39.9 Å². The monoisotopic (exact) mass is 286 g/mol. The molecule has 0 saturated carbocycles. The van der Waals surface area contributed by atoms with Crippen LogP contribution in [0.25, 0.3) is 10.9 Å². The van der Waals surface area contributed by atoms with Gasteiger partial charge in [-0.2, -0.15) is 0 Å². The van der Waals surface area contributed by atoms with Crippen molar-refractivity contribution in [1.29, 1.82) is 0 Å². The topological polar surface area (TPSA) is 34.5 Å². The van der Waals surface area contributed by atoms with E-state index in [9.17, 15) is 4.79 Å². The molecule has 4 nitrogen and oxygen atoms in total. The highest BCUT2D eigenvalue weighted by molar-refractivity contribution is 6.04. The molecule has 0 radical (unpaired) electrons. The van der Waals surface area contributed by atoms with Crippen LogP contribution in [0, 0.1) is 0 Å². The lowest BCUT2D eigenvalue weighted by Crippen LogP contribution is -2.07. The zero-order valence-electron chi connectivity index (χ0n) is 13.0. The Hall–Kier alpha value is -1.81. The van der Waals surface area contributed by atoms with Crippen LogP contribution in [0.15, 0.2) is 18.3 Å². The fraction of sp³-hybridized carbons (Fsp3) is 0.471. The lowest BCUT2D eigenvalue weighted by Gasteiger charge is -2.05. The summed E-state index contributed by atoms with van der Waals surface area (Å²) in [4.78, 5) is 14.5. The molecule has 0 amide bonds. The normalized spacial score (nSPS) is 14.6. The highest BCUT2D eigenvalue weighted by Crippen LogP contribution is 2.30. The molecule has 1 aliphatic heterocycles. The Morgan fingerprint density at radius 3 is 2.62 bits per heavy atom. The van der Waals surface area contributed by atoms with Crippen molar-refractivity contribution in [2.24, 2.45) is 0 Å². The number of ether oxygens (including phenoxy) is 1. The summed E-state index contributed by atoms with van der Waals surface area (Å²) in [5.41, 5.74) is 4.53. The first kappa shape index (κ1) is 14.1. The van der Waals surface area contributed by atoms with Gasteiger partial charge >= 0.3 is 5.97 Å². The predicted molar refractivity (Wildman–Crippen MR) is 83.4 cm³/mol. The molecular weight excluding hydrogens is 264 g/mol. The van der Waals surface area contributed by atoms with Gasteiger partial charge in [0.05, 0.1) is 12.2 Å². The van der Waals surface area contributed by atoms with Crippen molar-refractivity contribution in [3.8, 4) is 0 Å². The van der Waals surface area contributed by atoms with E-state index in [0.717, 1.165) is 37.0 Å². The molecule has 0 fully saturated rings. The van der Waals surface area contributed by atoms with Gasteiger partial charge < -0.3 is 9.30 Å². The number of fused-ring (bicyclic) bond motifs is 2. The minimum Gasteiger partial charge on any atom is -0.462 e. The average Bonchev–Trinajstić information content (AvgIpc) is 2.97. The van der Waals surface area contributed by atoms with Crippen molar-refractivity contribution in [1.82, 2.24) is 9.47 Å². The lowest BCUT2D eigenvalue weighted by atomic mass is 10.1. The number of aromatic nitrogens is 1. The zero-order chi connectivity index (χ0) is 15.0. The maximum atomic E-state index is 12.2. The van der Waals surface area contributed by atoms with Crippen molar-refractivity contribution in [3.05, 3.63) is 35.0 Å². The van der Waals surface area contributed by atoms with Crippen LogP contribution in [-0.2, 0) is 24.4 Å². The minimum absolute atomic E-state index is 0.219. The standard InChI is InChI=1S/C17H22N2O2/c1-4-6-19-11-15(17(20)21-5-2)14-7-12-9-18(3)10-13(12)8-16(14)19/h7-8,11H,4-6,9-10H2,1-3H3. The molecule has 0 aliphatic carbocycles. The van der Waals surface area contributed by atoms with Gasteiger partial charge in [-0.05, 0) is 43.7 Å². The van der Waals surface area contributed by atoms with Gasteiger partial charge in [-0.25, -0.2) is 4.79 Å². The van der Waals surface area contributed by atoms with Crippen molar-refractivity contribution >= 4 is 16.9 Å². The first-order valence-electron chi connectivity index (χ1n) is 7.64. The van der Waals surface area contributed by atoms with Gasteiger partial charge in [-0.3, -0.25) is 4.90 Å². The predicted octanol–water partition coefficient (Wildman–Crippen LogP) is 3.17. The van der Waals surface area contributed by atoms with Crippen LogP contribution in [0.4, 0.5) is 0 Å². The minimum atomic E-state index is -0.219. The van der Waals surface area contributed by atoms with Gasteiger partial charge in [0.15, 0.2) is 0 Å². The molecule has 112 valence electrons. The van der Waals surface area contributed by atoms with Gasteiger partial charge in [0.2, 0.25) is 0 Å². The molecule has 4 heteroatoms. The van der Waals surface area contributed by atoms with Crippen LogP contribution in [0.5, 0.6) is 0 Å². The Kier molecular flexibility index (Phi) is 3.72. The Morgan fingerprint density at radius 2 is 1.95 bits per heavy atom. The van der Waals surface area contributed by atoms with Crippen molar-refractivity contribution in [3.63, 3.8) is 0 Å². The molecule has 3 rings (SSSR count). The third-order valence-corrected chi connectivity index (χ3v) is 4.04. The van der Waals surface area contributed by atoms with E-state index in [2.05, 4.69) is 35.6 Å². The third kappa shape index (κ3) is 2.44. The van der Waals surface area contributed by atoms with E-state index < -0.39 is 0 Å². The lowest BCUT2D eigenvalue weighted by molar-refractivity contribution is 0.0528. The Labute approximate surface area is 125 Å². The summed E-state index contributed by atoms with van der Waals surface area (Å²) in [5.74, 6) is -0.219. The van der Waals surface area contributed by atoms with Gasteiger partial charge in [-0.1, -0.05) is 6.92 Å². The van der Waals surface area contributed by atoms with Crippen LogP contribution in [0.1, 0.15) is 41.8 Å². The second-order valence-electron chi connectivity index (χ2n) is 5.77. The maximum Gasteiger partial charge on any atom is 0.340 e. The van der Waals surface area contributed by atoms with E-state index in [-0.39, 0.29) is 5.97 Å². The third-order valence-electron chi connectivity index (χ3n) is 4.04. The van der Waals surface area contributed by atoms with E-state index in [1.54, 1.807) is 0 Å². The number of carbonyl (C=O) groups excluding carboxylic acids is 1. The van der Waals surface area contributed by atoms with Crippen LogP contribution >= 0.6 is 0 Å². The summed E-state index contributed by atoms with van der Waals surface area (Å²) in [6, 6.07) is 4.42. The first-order chi connectivity index (χ1) is 10.1. The smallest absolute Gasteiger partial charge is 0.340 e. The molecule has 1 aromatic heterocycles. The Bertz CT molecular complexity index is 688. The fourth-order valence-electron chi connectivity index (χ4n) is 3.15. The van der Waals surface area contributed by atoms with Crippen LogP contribution in [-0.4, -0.2) is 29.1 Å². The number of hydrogen-bond acceptors (Lipinski definition) is 3. The molecular formula is C17H22N2O2. The second kappa shape index (κ2) is 5.53. The summed E-state index contributed by atoms with van der Waals surface area (Å²) in [7, 11) is 2.12. The highest BCUT2D eigenvalue weighted by atomic mass is 16.5. The van der Waals surface area contributed by atoms with Gasteiger partial charge in [0.25, 0.3) is 0 Å². The molecule has 1 aliphatic rings. The SMILES string of the molecule is CCCn1cc(C(=O)OCC)c2cc3c(cc21)CN(C)C3. The highest BCUT2D eigenvalue weighted by Gasteiger charge is 2.21. The number of nitrogens with zero attached hydrogens (tertiary/aromatic N) is 2. The first-order valence-corrected chi connectivity index (χ1v) is 7.64. The van der Waals surface area contributed by atoms with E-state index in [1.807, 2.05) is 13.1 Å². The average molecular weight is 286 g/mol. The number of carbonyl (C=O) groups is 1. The molecule has 0 spiro atoms. The molecule has 0 atom stereocenters. The summed E-state index contributed by atoms with van der Waals surface area (Å²) < 4.78 is 7.39. The zero-order valence-corrected chi connectivity index (χ0v) is 13.0. The van der Waals surface area contributed by atoms with Crippen LogP contribution < -0.4 is 0 Å². The molecule has 21 heavy (non-hydrogen) atoms. The van der Waals surface area contributed by atoms with E-state index in [4.69, 9.17) is 4.74 Å².